The predicted octanol–water partition coefficient (Wildman–Crippen LogP) is 1.79. The van der Waals surface area contributed by atoms with Gasteiger partial charge in [-0.3, -0.25) is 0 Å². The van der Waals surface area contributed by atoms with Crippen molar-refractivity contribution in [2.24, 2.45) is 7.05 Å². The first-order chi connectivity index (χ1) is 9.65. The second-order valence-corrected chi connectivity index (χ2v) is 5.68. The van der Waals surface area contributed by atoms with Gasteiger partial charge in [-0.25, -0.2) is 0 Å². The monoisotopic (exact) mass is 293 g/mol. The fraction of sp³-hybridized carbons (Fsp3) is 0.429. The Kier molecular flexibility index (Phi) is 5.58. The molecule has 1 aromatic carbocycles. The molecule has 0 aliphatic rings. The number of ether oxygens (including phenoxy) is 1. The molecule has 0 saturated carbocycles. The Hall–Kier alpha value is -1.37. The summed E-state index contributed by atoms with van der Waals surface area (Å²) in [6, 6.07) is 8.18. The molecule has 2 rings (SSSR count). The van der Waals surface area contributed by atoms with E-state index >= 15 is 0 Å². The van der Waals surface area contributed by atoms with Crippen LogP contribution in [0, 0.1) is 6.92 Å². The van der Waals surface area contributed by atoms with Crippen LogP contribution in [0.25, 0.3) is 0 Å². The van der Waals surface area contributed by atoms with Crippen LogP contribution in [-0.2, 0) is 18.4 Å². The van der Waals surface area contributed by atoms with Crippen molar-refractivity contribution in [2.75, 3.05) is 12.4 Å². The van der Waals surface area contributed by atoms with E-state index in [4.69, 9.17) is 4.74 Å². The molecule has 1 atom stereocenters. The van der Waals surface area contributed by atoms with E-state index in [2.05, 4.69) is 29.3 Å². The SMILES string of the molecule is Cc1ccc(COCC(O)CSc2nncn2C)cc1. The van der Waals surface area contributed by atoms with Crippen LogP contribution in [0.2, 0.25) is 0 Å². The zero-order valence-electron chi connectivity index (χ0n) is 11.7. The van der Waals surface area contributed by atoms with Crippen LogP contribution in [0.15, 0.2) is 35.7 Å². The zero-order chi connectivity index (χ0) is 14.4. The zero-order valence-corrected chi connectivity index (χ0v) is 12.5. The molecule has 0 amide bonds. The molecule has 0 aliphatic carbocycles. The fourth-order valence-corrected chi connectivity index (χ4v) is 2.41. The molecule has 1 unspecified atom stereocenters. The van der Waals surface area contributed by atoms with E-state index in [1.165, 1.54) is 17.3 Å². The minimum atomic E-state index is -0.512. The van der Waals surface area contributed by atoms with Crippen LogP contribution in [0.3, 0.4) is 0 Å². The van der Waals surface area contributed by atoms with Crippen molar-refractivity contribution in [3.8, 4) is 0 Å². The molecule has 0 radical (unpaired) electrons. The summed E-state index contributed by atoms with van der Waals surface area (Å²) >= 11 is 1.47. The second kappa shape index (κ2) is 7.42. The van der Waals surface area contributed by atoms with E-state index in [1.807, 2.05) is 23.7 Å². The van der Waals surface area contributed by atoms with Crippen molar-refractivity contribution in [2.45, 2.75) is 24.8 Å². The summed E-state index contributed by atoms with van der Waals surface area (Å²) < 4.78 is 7.34. The molecular weight excluding hydrogens is 274 g/mol. The molecule has 5 nitrogen and oxygen atoms in total. The van der Waals surface area contributed by atoms with Crippen molar-refractivity contribution in [3.05, 3.63) is 41.7 Å². The number of rotatable bonds is 7. The second-order valence-electron chi connectivity index (χ2n) is 4.69. The minimum Gasteiger partial charge on any atom is -0.390 e. The highest BCUT2D eigenvalue weighted by Crippen LogP contribution is 2.14. The van der Waals surface area contributed by atoms with Gasteiger partial charge in [0, 0.05) is 12.8 Å². The number of aryl methyl sites for hydroxylation is 2. The van der Waals surface area contributed by atoms with E-state index in [-0.39, 0.29) is 0 Å². The van der Waals surface area contributed by atoms with Gasteiger partial charge in [-0.15, -0.1) is 10.2 Å². The van der Waals surface area contributed by atoms with E-state index in [0.29, 0.717) is 19.0 Å². The van der Waals surface area contributed by atoms with Gasteiger partial charge in [0.1, 0.15) is 6.33 Å². The molecule has 20 heavy (non-hydrogen) atoms. The maximum Gasteiger partial charge on any atom is 0.190 e. The number of aliphatic hydroxyl groups excluding tert-OH is 1. The maximum absolute atomic E-state index is 9.86. The highest BCUT2D eigenvalue weighted by Gasteiger charge is 2.08. The molecule has 0 spiro atoms. The van der Waals surface area contributed by atoms with Crippen LogP contribution in [0.1, 0.15) is 11.1 Å². The Bertz CT molecular complexity index is 527. The number of thioether (sulfide) groups is 1. The lowest BCUT2D eigenvalue weighted by molar-refractivity contribution is 0.0397. The molecule has 0 fully saturated rings. The molecule has 6 heteroatoms. The smallest absolute Gasteiger partial charge is 0.190 e. The topological polar surface area (TPSA) is 60.2 Å². The fourth-order valence-electron chi connectivity index (χ4n) is 1.62. The van der Waals surface area contributed by atoms with Crippen molar-refractivity contribution < 1.29 is 9.84 Å². The van der Waals surface area contributed by atoms with Gasteiger partial charge in [-0.05, 0) is 12.5 Å². The van der Waals surface area contributed by atoms with Crippen LogP contribution < -0.4 is 0 Å². The van der Waals surface area contributed by atoms with Crippen molar-refractivity contribution in [3.63, 3.8) is 0 Å². The number of aliphatic hydroxyl groups is 1. The third kappa shape index (κ3) is 4.63. The minimum absolute atomic E-state index is 0.318. The van der Waals surface area contributed by atoms with Crippen LogP contribution in [0.5, 0.6) is 0 Å². The van der Waals surface area contributed by atoms with Gasteiger partial charge >= 0.3 is 0 Å². The Morgan fingerprint density at radius 1 is 1.35 bits per heavy atom. The molecule has 0 bridgehead atoms. The number of hydrogen-bond donors (Lipinski definition) is 1. The average molecular weight is 293 g/mol. The van der Waals surface area contributed by atoms with Gasteiger partial charge in [-0.2, -0.15) is 0 Å². The molecular formula is C14H19N3O2S. The molecule has 1 aromatic heterocycles. The van der Waals surface area contributed by atoms with E-state index < -0.39 is 6.10 Å². The highest BCUT2D eigenvalue weighted by atomic mass is 32.2. The van der Waals surface area contributed by atoms with E-state index in [0.717, 1.165) is 10.7 Å². The van der Waals surface area contributed by atoms with E-state index in [9.17, 15) is 5.11 Å². The highest BCUT2D eigenvalue weighted by molar-refractivity contribution is 7.99. The first-order valence-electron chi connectivity index (χ1n) is 6.43. The lowest BCUT2D eigenvalue weighted by Gasteiger charge is -2.10. The number of hydrogen-bond acceptors (Lipinski definition) is 5. The quantitative estimate of drug-likeness (QED) is 0.789. The number of aromatic nitrogens is 3. The molecule has 108 valence electrons. The van der Waals surface area contributed by atoms with Gasteiger partial charge < -0.3 is 14.4 Å². The Balaban J connectivity index is 1.66. The maximum atomic E-state index is 9.86. The third-order valence-electron chi connectivity index (χ3n) is 2.77. The Morgan fingerprint density at radius 2 is 2.10 bits per heavy atom. The lowest BCUT2D eigenvalue weighted by Crippen LogP contribution is -2.18. The molecule has 1 heterocycles. The first kappa shape index (κ1) is 15.0. The predicted molar refractivity (Wildman–Crippen MR) is 78.6 cm³/mol. The third-order valence-corrected chi connectivity index (χ3v) is 3.95. The summed E-state index contributed by atoms with van der Waals surface area (Å²) in [6.45, 7) is 2.89. The normalized spacial score (nSPS) is 12.6. The van der Waals surface area contributed by atoms with Gasteiger partial charge in [0.15, 0.2) is 5.16 Å². The van der Waals surface area contributed by atoms with Gasteiger partial charge in [-0.1, -0.05) is 41.6 Å². The van der Waals surface area contributed by atoms with Crippen LogP contribution in [0.4, 0.5) is 0 Å². The lowest BCUT2D eigenvalue weighted by atomic mass is 10.2. The average Bonchev–Trinajstić information content (AvgIpc) is 2.84. The van der Waals surface area contributed by atoms with Crippen LogP contribution in [-0.4, -0.2) is 38.3 Å². The Labute approximate surface area is 123 Å². The van der Waals surface area contributed by atoms with Crippen molar-refractivity contribution >= 4 is 11.8 Å². The number of benzene rings is 1. The summed E-state index contributed by atoms with van der Waals surface area (Å²) in [5, 5.41) is 18.4. The van der Waals surface area contributed by atoms with Crippen molar-refractivity contribution in [1.82, 2.24) is 14.8 Å². The van der Waals surface area contributed by atoms with Crippen molar-refractivity contribution in [1.29, 1.82) is 0 Å². The van der Waals surface area contributed by atoms with Gasteiger partial charge in [0.25, 0.3) is 0 Å². The first-order valence-corrected chi connectivity index (χ1v) is 7.42. The summed E-state index contributed by atoms with van der Waals surface area (Å²) in [5.74, 6) is 0.542. The largest absolute Gasteiger partial charge is 0.390 e. The Morgan fingerprint density at radius 3 is 2.75 bits per heavy atom. The van der Waals surface area contributed by atoms with Crippen LogP contribution >= 0.6 is 11.8 Å². The standard InChI is InChI=1S/C14H19N3O2S/c1-11-3-5-12(6-4-11)7-19-8-13(18)9-20-14-16-15-10-17(14)2/h3-6,10,13,18H,7-9H2,1-2H3. The molecule has 0 saturated heterocycles. The summed E-state index contributed by atoms with van der Waals surface area (Å²) in [5.41, 5.74) is 2.35. The number of nitrogens with zero attached hydrogens (tertiary/aromatic N) is 3. The summed E-state index contributed by atoms with van der Waals surface area (Å²) in [7, 11) is 1.88. The summed E-state index contributed by atoms with van der Waals surface area (Å²) in [6.07, 6.45) is 1.13. The summed E-state index contributed by atoms with van der Waals surface area (Å²) in [4.78, 5) is 0. The molecule has 0 aliphatic heterocycles. The molecule has 2 aromatic rings. The van der Waals surface area contributed by atoms with Gasteiger partial charge in [0.05, 0.1) is 19.3 Å². The van der Waals surface area contributed by atoms with Gasteiger partial charge in [0.2, 0.25) is 0 Å². The molecule has 1 N–H and O–H groups in total. The van der Waals surface area contributed by atoms with E-state index in [1.54, 1.807) is 6.33 Å².